The average Bonchev–Trinajstić information content (AvgIpc) is 3.35. The number of rotatable bonds is 4. The summed E-state index contributed by atoms with van der Waals surface area (Å²) in [5, 5.41) is 7.08. The first-order chi connectivity index (χ1) is 12.7. The smallest absolute Gasteiger partial charge is 0.260 e. The maximum absolute atomic E-state index is 12.4. The predicted octanol–water partition coefficient (Wildman–Crippen LogP) is 3.88. The molecule has 4 rings (SSSR count). The topological polar surface area (TPSA) is 63.1 Å². The molecule has 0 atom stereocenters. The lowest BCUT2D eigenvalue weighted by molar-refractivity contribution is 0.102. The van der Waals surface area contributed by atoms with Crippen molar-refractivity contribution in [1.82, 2.24) is 14.8 Å². The lowest BCUT2D eigenvalue weighted by atomic mass is 10.3. The molecule has 0 saturated carbocycles. The van der Waals surface area contributed by atoms with Gasteiger partial charge in [-0.05, 0) is 49.2 Å². The van der Waals surface area contributed by atoms with Crippen LogP contribution < -0.4 is 10.2 Å². The number of halogens is 1. The minimum Gasteiger partial charge on any atom is -0.370 e. The lowest BCUT2D eigenvalue weighted by Gasteiger charge is -2.17. The van der Waals surface area contributed by atoms with Crippen LogP contribution in [-0.4, -0.2) is 33.8 Å². The average molecular weight is 412 g/mol. The first kappa shape index (κ1) is 16.8. The van der Waals surface area contributed by atoms with Crippen molar-refractivity contribution in [1.29, 1.82) is 0 Å². The third-order valence-corrected chi connectivity index (χ3v) is 4.93. The van der Waals surface area contributed by atoms with Gasteiger partial charge in [0.05, 0.1) is 29.3 Å². The summed E-state index contributed by atoms with van der Waals surface area (Å²) in [7, 11) is 0. The van der Waals surface area contributed by atoms with Crippen LogP contribution in [0, 0.1) is 0 Å². The fourth-order valence-corrected chi connectivity index (χ4v) is 3.25. The van der Waals surface area contributed by atoms with Crippen molar-refractivity contribution in [2.75, 3.05) is 23.3 Å². The largest absolute Gasteiger partial charge is 0.370 e. The first-order valence-electron chi connectivity index (χ1n) is 8.52. The van der Waals surface area contributed by atoms with Crippen molar-refractivity contribution in [3.8, 4) is 5.69 Å². The minimum absolute atomic E-state index is 0.227. The van der Waals surface area contributed by atoms with Crippen molar-refractivity contribution in [2.45, 2.75) is 12.8 Å². The molecule has 0 unspecified atom stereocenters. The molecule has 1 N–H and O–H groups in total. The van der Waals surface area contributed by atoms with Gasteiger partial charge in [-0.3, -0.25) is 4.79 Å². The van der Waals surface area contributed by atoms with Crippen LogP contribution in [0.4, 0.5) is 11.5 Å². The Hall–Kier alpha value is -2.67. The van der Waals surface area contributed by atoms with E-state index in [2.05, 4.69) is 36.2 Å². The summed E-state index contributed by atoms with van der Waals surface area (Å²) in [6, 6.07) is 11.6. The van der Waals surface area contributed by atoms with Gasteiger partial charge in [-0.15, -0.1) is 0 Å². The number of hydrogen-bond donors (Lipinski definition) is 1. The quantitative estimate of drug-likeness (QED) is 0.707. The highest BCUT2D eigenvalue weighted by molar-refractivity contribution is 9.10. The molecule has 1 aromatic carbocycles. The molecule has 0 bridgehead atoms. The van der Waals surface area contributed by atoms with E-state index in [1.54, 1.807) is 17.1 Å². The van der Waals surface area contributed by atoms with Crippen LogP contribution in [0.25, 0.3) is 5.69 Å². The maximum atomic E-state index is 12.4. The van der Waals surface area contributed by atoms with Crippen molar-refractivity contribution >= 4 is 33.3 Å². The molecule has 2 aromatic heterocycles. The molecular formula is C19H18BrN5O. The van der Waals surface area contributed by atoms with Gasteiger partial charge in [0.15, 0.2) is 0 Å². The highest BCUT2D eigenvalue weighted by Crippen LogP contribution is 2.20. The van der Waals surface area contributed by atoms with Crippen LogP contribution in [0.2, 0.25) is 0 Å². The van der Waals surface area contributed by atoms with Crippen LogP contribution in [0.3, 0.4) is 0 Å². The summed E-state index contributed by atoms with van der Waals surface area (Å²) in [6.45, 7) is 2.14. The molecule has 0 radical (unpaired) electrons. The van der Waals surface area contributed by atoms with Gasteiger partial charge in [-0.2, -0.15) is 5.10 Å². The van der Waals surface area contributed by atoms with E-state index in [-0.39, 0.29) is 5.91 Å². The molecule has 1 aliphatic heterocycles. The van der Waals surface area contributed by atoms with E-state index in [0.29, 0.717) is 11.4 Å². The molecule has 7 heteroatoms. The maximum Gasteiger partial charge on any atom is 0.260 e. The SMILES string of the molecule is O=C(Nc1ccc(N2CCCC2)cn1)c1cnn(-c2ccc(Br)cc2)c1. The van der Waals surface area contributed by atoms with E-state index in [1.807, 2.05) is 42.6 Å². The molecule has 6 nitrogen and oxygen atoms in total. The minimum atomic E-state index is -0.227. The monoisotopic (exact) mass is 411 g/mol. The Kier molecular flexibility index (Phi) is 4.71. The summed E-state index contributed by atoms with van der Waals surface area (Å²) in [6.07, 6.45) is 7.51. The summed E-state index contributed by atoms with van der Waals surface area (Å²) < 4.78 is 2.67. The Labute approximate surface area is 160 Å². The number of nitrogens with one attached hydrogen (secondary N) is 1. The second kappa shape index (κ2) is 7.29. The number of pyridine rings is 1. The normalized spacial score (nSPS) is 13.8. The first-order valence-corrected chi connectivity index (χ1v) is 9.31. The number of benzene rings is 1. The van der Waals surface area contributed by atoms with Gasteiger partial charge in [0.25, 0.3) is 5.91 Å². The highest BCUT2D eigenvalue weighted by Gasteiger charge is 2.14. The van der Waals surface area contributed by atoms with Gasteiger partial charge >= 0.3 is 0 Å². The standard InChI is InChI=1S/C19H18BrN5O/c20-15-3-5-16(6-4-15)25-13-14(11-22-25)19(26)23-18-8-7-17(12-21-18)24-9-1-2-10-24/h3-8,11-13H,1-2,9-10H2,(H,21,23,26). The molecule has 0 aliphatic carbocycles. The van der Waals surface area contributed by atoms with Crippen molar-refractivity contribution in [2.24, 2.45) is 0 Å². The molecule has 3 heterocycles. The van der Waals surface area contributed by atoms with E-state index in [9.17, 15) is 4.79 Å². The van der Waals surface area contributed by atoms with Gasteiger partial charge in [0, 0.05) is 23.8 Å². The van der Waals surface area contributed by atoms with Crippen LogP contribution >= 0.6 is 15.9 Å². The van der Waals surface area contributed by atoms with Crippen LogP contribution in [0.5, 0.6) is 0 Å². The van der Waals surface area contributed by atoms with Crippen LogP contribution in [0.15, 0.2) is 59.5 Å². The molecular weight excluding hydrogens is 394 g/mol. The van der Waals surface area contributed by atoms with E-state index in [4.69, 9.17) is 0 Å². The Bertz CT molecular complexity index is 898. The Morgan fingerprint density at radius 1 is 1.00 bits per heavy atom. The van der Waals surface area contributed by atoms with E-state index in [1.165, 1.54) is 12.8 Å². The summed E-state index contributed by atoms with van der Waals surface area (Å²) in [5.41, 5.74) is 2.47. The molecule has 1 aliphatic rings. The van der Waals surface area contributed by atoms with Crippen LogP contribution in [-0.2, 0) is 0 Å². The second-order valence-electron chi connectivity index (χ2n) is 6.20. The van der Waals surface area contributed by atoms with E-state index < -0.39 is 0 Å². The number of hydrogen-bond acceptors (Lipinski definition) is 4. The van der Waals surface area contributed by atoms with Gasteiger partial charge in [0.1, 0.15) is 5.82 Å². The van der Waals surface area contributed by atoms with Crippen molar-refractivity contribution in [3.05, 3.63) is 65.0 Å². The third-order valence-electron chi connectivity index (χ3n) is 4.40. The molecule has 26 heavy (non-hydrogen) atoms. The zero-order valence-electron chi connectivity index (χ0n) is 14.1. The van der Waals surface area contributed by atoms with Gasteiger partial charge < -0.3 is 10.2 Å². The zero-order valence-corrected chi connectivity index (χ0v) is 15.7. The Balaban J connectivity index is 1.44. The number of aromatic nitrogens is 3. The molecule has 1 saturated heterocycles. The van der Waals surface area contributed by atoms with Crippen molar-refractivity contribution in [3.63, 3.8) is 0 Å². The highest BCUT2D eigenvalue weighted by atomic mass is 79.9. The molecule has 3 aromatic rings. The fraction of sp³-hybridized carbons (Fsp3) is 0.211. The Morgan fingerprint density at radius 2 is 1.73 bits per heavy atom. The predicted molar refractivity (Wildman–Crippen MR) is 105 cm³/mol. The van der Waals surface area contributed by atoms with Gasteiger partial charge in [0.2, 0.25) is 0 Å². The lowest BCUT2D eigenvalue weighted by Crippen LogP contribution is -2.18. The van der Waals surface area contributed by atoms with Gasteiger partial charge in [-0.1, -0.05) is 15.9 Å². The summed E-state index contributed by atoms with van der Waals surface area (Å²) in [4.78, 5) is 19.1. The molecule has 1 amide bonds. The number of nitrogens with zero attached hydrogens (tertiary/aromatic N) is 4. The van der Waals surface area contributed by atoms with Gasteiger partial charge in [-0.25, -0.2) is 9.67 Å². The van der Waals surface area contributed by atoms with Crippen molar-refractivity contribution < 1.29 is 4.79 Å². The third kappa shape index (κ3) is 3.62. The molecule has 0 spiro atoms. The van der Waals surface area contributed by atoms with Crippen LogP contribution in [0.1, 0.15) is 23.2 Å². The summed E-state index contributed by atoms with van der Waals surface area (Å²) >= 11 is 3.41. The molecule has 1 fully saturated rings. The summed E-state index contributed by atoms with van der Waals surface area (Å²) in [5.74, 6) is 0.309. The van der Waals surface area contributed by atoms with E-state index >= 15 is 0 Å². The number of carbonyl (C=O) groups is 1. The van der Waals surface area contributed by atoms with E-state index in [0.717, 1.165) is 28.9 Å². The number of carbonyl (C=O) groups excluding carboxylic acids is 1. The Morgan fingerprint density at radius 3 is 2.42 bits per heavy atom. The second-order valence-corrected chi connectivity index (χ2v) is 7.12. The number of anilines is 2. The fourth-order valence-electron chi connectivity index (χ4n) is 2.99. The number of amides is 1. The zero-order chi connectivity index (χ0) is 17.9. The molecule has 132 valence electrons.